The molecule has 2 fully saturated rings. The molecular weight excluding hydrogens is 550 g/mol. The fraction of sp³-hybridized carbons (Fsp3) is 0.406. The molecule has 9 nitrogen and oxygen atoms in total. The molecule has 1 saturated heterocycles. The molecule has 1 amide bonds. The first kappa shape index (κ1) is 29.7. The number of hydrogen-bond donors (Lipinski definition) is 1. The molecule has 2 heterocycles. The highest BCUT2D eigenvalue weighted by molar-refractivity contribution is 7.92. The molecule has 3 aromatic rings. The lowest BCUT2D eigenvalue weighted by atomic mass is 9.83. The van der Waals surface area contributed by atoms with Crippen molar-refractivity contribution in [2.24, 2.45) is 4.99 Å². The largest absolute Gasteiger partial charge is 0.495 e. The highest BCUT2D eigenvalue weighted by Gasteiger charge is 2.26. The van der Waals surface area contributed by atoms with Crippen molar-refractivity contribution in [1.29, 1.82) is 0 Å². The van der Waals surface area contributed by atoms with Crippen LogP contribution in [0.4, 0.5) is 11.4 Å². The predicted molar refractivity (Wildman–Crippen MR) is 165 cm³/mol. The first-order valence-corrected chi connectivity index (χ1v) is 16.1. The summed E-state index contributed by atoms with van der Waals surface area (Å²) in [6.07, 6.45) is 9.02. The molecule has 10 heteroatoms. The lowest BCUT2D eigenvalue weighted by Crippen LogP contribution is -2.48. The number of benzene rings is 2. The van der Waals surface area contributed by atoms with Crippen LogP contribution in [0.1, 0.15) is 66.6 Å². The van der Waals surface area contributed by atoms with Gasteiger partial charge in [-0.05, 0) is 73.7 Å². The van der Waals surface area contributed by atoms with Crippen LogP contribution in [0, 0.1) is 0 Å². The van der Waals surface area contributed by atoms with Gasteiger partial charge in [0.05, 0.1) is 18.5 Å². The van der Waals surface area contributed by atoms with Gasteiger partial charge in [0, 0.05) is 56.4 Å². The number of para-hydroxylation sites is 1. The topological polar surface area (TPSA) is 104 Å². The van der Waals surface area contributed by atoms with Gasteiger partial charge in [-0.25, -0.2) is 8.42 Å². The molecule has 222 valence electrons. The number of hydrogen-bond acceptors (Lipinski definition) is 7. The molecule has 1 saturated carbocycles. The van der Waals surface area contributed by atoms with Gasteiger partial charge in [0.25, 0.3) is 15.9 Å². The Morgan fingerprint density at radius 3 is 2.45 bits per heavy atom. The molecule has 42 heavy (non-hydrogen) atoms. The summed E-state index contributed by atoms with van der Waals surface area (Å²) < 4.78 is 35.2. The van der Waals surface area contributed by atoms with Crippen LogP contribution in [0.2, 0.25) is 0 Å². The van der Waals surface area contributed by atoms with Crippen molar-refractivity contribution in [2.45, 2.75) is 56.4 Å². The van der Waals surface area contributed by atoms with Gasteiger partial charge in [0.15, 0.2) is 0 Å². The highest BCUT2D eigenvalue weighted by atomic mass is 32.2. The number of nitrogens with zero attached hydrogens (tertiary/aromatic N) is 4. The Kier molecular flexibility index (Phi) is 9.54. The van der Waals surface area contributed by atoms with E-state index >= 15 is 0 Å². The number of ether oxygens (including phenoxy) is 1. The molecule has 1 aliphatic carbocycles. The van der Waals surface area contributed by atoms with Crippen LogP contribution in [0.3, 0.4) is 0 Å². The van der Waals surface area contributed by atoms with E-state index in [0.29, 0.717) is 42.5 Å². The van der Waals surface area contributed by atoms with Gasteiger partial charge >= 0.3 is 0 Å². The Balaban J connectivity index is 1.23. The van der Waals surface area contributed by atoms with Crippen LogP contribution in [0.25, 0.3) is 0 Å². The minimum absolute atomic E-state index is 0.0702. The van der Waals surface area contributed by atoms with E-state index < -0.39 is 10.0 Å². The second-order valence-electron chi connectivity index (χ2n) is 10.8. The number of sulfonamides is 1. The normalized spacial score (nSPS) is 17.0. The number of methoxy groups -OCH3 is 1. The number of amides is 1. The molecule has 2 aromatic carbocycles. The summed E-state index contributed by atoms with van der Waals surface area (Å²) in [5, 5.41) is 0. The summed E-state index contributed by atoms with van der Waals surface area (Å²) in [6, 6.07) is 15.8. The van der Waals surface area contributed by atoms with E-state index in [2.05, 4.69) is 19.6 Å². The summed E-state index contributed by atoms with van der Waals surface area (Å²) in [6.45, 7) is 5.11. The molecule has 5 rings (SSSR count). The molecule has 0 atom stereocenters. The third-order valence-corrected chi connectivity index (χ3v) is 9.52. The number of aliphatic imine (C=N–C) groups is 1. The van der Waals surface area contributed by atoms with Gasteiger partial charge in [-0.15, -0.1) is 0 Å². The van der Waals surface area contributed by atoms with E-state index in [1.54, 1.807) is 56.8 Å². The van der Waals surface area contributed by atoms with E-state index in [-0.39, 0.29) is 10.8 Å². The van der Waals surface area contributed by atoms with Crippen LogP contribution in [-0.4, -0.2) is 68.6 Å². The lowest BCUT2D eigenvalue weighted by molar-refractivity contribution is 0.0626. The fourth-order valence-corrected chi connectivity index (χ4v) is 7.13. The van der Waals surface area contributed by atoms with Gasteiger partial charge in [0.1, 0.15) is 10.6 Å². The van der Waals surface area contributed by atoms with E-state index in [9.17, 15) is 13.2 Å². The maximum absolute atomic E-state index is 13.5. The van der Waals surface area contributed by atoms with Crippen LogP contribution < -0.4 is 9.46 Å². The van der Waals surface area contributed by atoms with Crippen molar-refractivity contribution >= 4 is 33.5 Å². The Bertz CT molecular complexity index is 1510. The molecule has 0 spiro atoms. The Labute approximate surface area is 248 Å². The minimum atomic E-state index is -3.90. The number of aromatic nitrogens is 1. The number of piperazine rings is 1. The van der Waals surface area contributed by atoms with Crippen LogP contribution in [0.5, 0.6) is 5.75 Å². The van der Waals surface area contributed by atoms with Crippen molar-refractivity contribution in [1.82, 2.24) is 14.8 Å². The van der Waals surface area contributed by atoms with E-state index in [4.69, 9.17) is 4.74 Å². The number of nitrogens with one attached hydrogen (secondary N) is 1. The number of carbonyl (C=O) groups excluding carboxylic acids is 1. The summed E-state index contributed by atoms with van der Waals surface area (Å²) >= 11 is 0. The third-order valence-electron chi connectivity index (χ3n) is 8.11. The maximum Gasteiger partial charge on any atom is 0.264 e. The molecule has 0 bridgehead atoms. The maximum atomic E-state index is 13.5. The molecule has 2 aliphatic rings. The van der Waals surface area contributed by atoms with Crippen LogP contribution in [-0.2, 0) is 16.6 Å². The third kappa shape index (κ3) is 6.82. The Morgan fingerprint density at radius 2 is 1.76 bits per heavy atom. The quantitative estimate of drug-likeness (QED) is 0.325. The predicted octanol–water partition coefficient (Wildman–Crippen LogP) is 5.62. The SMILES string of the molecule is C/C=N\c1c(C2CCCCC2)cccc1S(=O)(=O)Nc1ccc(C(=O)N2CCN(Cc3ncccc3OC)CC2)cc1. The Hall–Kier alpha value is -3.76. The van der Waals surface area contributed by atoms with E-state index in [1.165, 1.54) is 6.42 Å². The van der Waals surface area contributed by atoms with Crippen LogP contribution in [0.15, 0.2) is 70.7 Å². The molecule has 1 N–H and O–H groups in total. The number of carbonyl (C=O) groups is 1. The summed E-state index contributed by atoms with van der Waals surface area (Å²) in [5.74, 6) is 1.01. The average molecular weight is 590 g/mol. The zero-order valence-corrected chi connectivity index (χ0v) is 25.1. The van der Waals surface area contributed by atoms with E-state index in [0.717, 1.165) is 55.8 Å². The molecule has 1 aliphatic heterocycles. The molecular formula is C32H39N5O4S. The molecule has 0 radical (unpaired) electrons. The summed E-state index contributed by atoms with van der Waals surface area (Å²) in [7, 11) is -2.26. The number of pyridine rings is 1. The van der Waals surface area contributed by atoms with Crippen molar-refractivity contribution in [3.63, 3.8) is 0 Å². The zero-order valence-electron chi connectivity index (χ0n) is 24.3. The highest BCUT2D eigenvalue weighted by Crippen LogP contribution is 2.40. The number of rotatable bonds is 9. The van der Waals surface area contributed by atoms with Crippen molar-refractivity contribution < 1.29 is 17.9 Å². The summed E-state index contributed by atoms with van der Waals surface area (Å²) in [4.78, 5) is 26.4. The van der Waals surface area contributed by atoms with Gasteiger partial charge in [-0.2, -0.15) is 0 Å². The smallest absolute Gasteiger partial charge is 0.264 e. The standard InChI is InChI=1S/C32H39N5O4S/c1-3-33-31-27(24-9-5-4-6-10-24)11-7-13-30(31)42(39,40)35-26-16-14-25(15-17-26)32(38)37-21-19-36(20-22-37)23-28-29(41-2)12-8-18-34-28/h3,7-8,11-18,24,35H,4-6,9-10,19-23H2,1-2H3/b33-3-. The van der Waals surface area contributed by atoms with Gasteiger partial charge in [-0.3, -0.25) is 24.4 Å². The second-order valence-corrected chi connectivity index (χ2v) is 12.5. The second kappa shape index (κ2) is 13.5. The number of anilines is 1. The van der Waals surface area contributed by atoms with Crippen molar-refractivity contribution in [3.05, 3.63) is 77.6 Å². The Morgan fingerprint density at radius 1 is 1.02 bits per heavy atom. The van der Waals surface area contributed by atoms with Crippen molar-refractivity contribution in [2.75, 3.05) is 38.0 Å². The minimum Gasteiger partial charge on any atom is -0.495 e. The fourth-order valence-electron chi connectivity index (χ4n) is 5.89. The van der Waals surface area contributed by atoms with Crippen molar-refractivity contribution in [3.8, 4) is 5.75 Å². The average Bonchev–Trinajstić information content (AvgIpc) is 3.02. The summed E-state index contributed by atoms with van der Waals surface area (Å²) in [5.41, 5.74) is 3.32. The van der Waals surface area contributed by atoms with Gasteiger partial charge in [-0.1, -0.05) is 31.4 Å². The van der Waals surface area contributed by atoms with Gasteiger partial charge < -0.3 is 9.64 Å². The molecule has 1 aromatic heterocycles. The first-order chi connectivity index (χ1) is 20.4. The molecule has 0 unspecified atom stereocenters. The van der Waals surface area contributed by atoms with Gasteiger partial charge in [0.2, 0.25) is 0 Å². The monoisotopic (exact) mass is 589 g/mol. The lowest BCUT2D eigenvalue weighted by Gasteiger charge is -2.34. The zero-order chi connectivity index (χ0) is 29.5. The van der Waals surface area contributed by atoms with E-state index in [1.807, 2.05) is 29.2 Å². The van der Waals surface area contributed by atoms with Crippen LogP contribution >= 0.6 is 0 Å². The first-order valence-electron chi connectivity index (χ1n) is 14.6.